The van der Waals surface area contributed by atoms with Gasteiger partial charge in [-0.2, -0.15) is 0 Å². The molecule has 0 aliphatic carbocycles. The van der Waals surface area contributed by atoms with Gasteiger partial charge in [0.25, 0.3) is 0 Å². The number of rotatable bonds is 5. The van der Waals surface area contributed by atoms with Gasteiger partial charge >= 0.3 is 0 Å². The minimum Gasteiger partial charge on any atom is -0.351 e. The van der Waals surface area contributed by atoms with Gasteiger partial charge in [-0.3, -0.25) is 9.59 Å². The molecule has 2 N–H and O–H groups in total. The van der Waals surface area contributed by atoms with Crippen molar-refractivity contribution in [3.05, 3.63) is 63.1 Å². The lowest BCUT2D eigenvalue weighted by Gasteiger charge is -2.23. The summed E-state index contributed by atoms with van der Waals surface area (Å²) in [6, 6.07) is 11.8. The summed E-state index contributed by atoms with van der Waals surface area (Å²) in [5.41, 5.74) is -0.000548. The van der Waals surface area contributed by atoms with Crippen LogP contribution in [0.25, 0.3) is 0 Å². The number of halogens is 3. The van der Waals surface area contributed by atoms with Gasteiger partial charge in [-0.25, -0.2) is 0 Å². The number of amides is 2. The number of anilines is 1. The van der Waals surface area contributed by atoms with E-state index in [9.17, 15) is 9.59 Å². The van der Waals surface area contributed by atoms with Crippen molar-refractivity contribution >= 4 is 52.3 Å². The van der Waals surface area contributed by atoms with E-state index >= 15 is 0 Å². The number of carbonyl (C=O) groups is 2. The highest BCUT2D eigenvalue weighted by molar-refractivity contribution is 6.36. The first kappa shape index (κ1) is 19.6. The van der Waals surface area contributed by atoms with Crippen molar-refractivity contribution in [2.24, 2.45) is 5.41 Å². The van der Waals surface area contributed by atoms with Gasteiger partial charge in [0.1, 0.15) is 5.41 Å². The Morgan fingerprint density at radius 2 is 1.52 bits per heavy atom. The Balaban J connectivity index is 2.01. The monoisotopic (exact) mass is 398 g/mol. The molecule has 0 radical (unpaired) electrons. The Hall–Kier alpha value is -1.75. The summed E-state index contributed by atoms with van der Waals surface area (Å²) in [5, 5.41) is 6.79. The molecule has 0 aliphatic rings. The van der Waals surface area contributed by atoms with Crippen molar-refractivity contribution in [1.29, 1.82) is 0 Å². The molecule has 0 bridgehead atoms. The molecule has 0 unspecified atom stereocenters. The topological polar surface area (TPSA) is 58.2 Å². The Labute approximate surface area is 161 Å². The summed E-state index contributed by atoms with van der Waals surface area (Å²) >= 11 is 17.7. The van der Waals surface area contributed by atoms with Crippen LogP contribution in [0.5, 0.6) is 0 Å². The SMILES string of the molecule is CC(C)(C(=O)NCc1ccc(Cl)cc1)C(=O)Nc1ccc(Cl)cc1Cl. The zero-order chi connectivity index (χ0) is 18.6. The summed E-state index contributed by atoms with van der Waals surface area (Å²) in [5.74, 6) is -0.865. The van der Waals surface area contributed by atoms with Gasteiger partial charge < -0.3 is 10.6 Å². The maximum atomic E-state index is 12.5. The molecule has 0 saturated carbocycles. The van der Waals surface area contributed by atoms with Gasteiger partial charge in [-0.15, -0.1) is 0 Å². The van der Waals surface area contributed by atoms with Gasteiger partial charge in [0, 0.05) is 16.6 Å². The fourth-order valence-electron chi connectivity index (χ4n) is 1.98. The number of carbonyl (C=O) groups excluding carboxylic acids is 2. The largest absolute Gasteiger partial charge is 0.351 e. The molecule has 4 nitrogen and oxygen atoms in total. The third kappa shape index (κ3) is 5.11. The lowest BCUT2D eigenvalue weighted by molar-refractivity contribution is -0.138. The molecular weight excluding hydrogens is 383 g/mol. The lowest BCUT2D eigenvalue weighted by atomic mass is 9.90. The smallest absolute Gasteiger partial charge is 0.239 e. The van der Waals surface area contributed by atoms with Crippen LogP contribution in [-0.2, 0) is 16.1 Å². The second-order valence-electron chi connectivity index (χ2n) is 6.01. The van der Waals surface area contributed by atoms with E-state index in [1.165, 1.54) is 6.07 Å². The Morgan fingerprint density at radius 1 is 0.920 bits per heavy atom. The third-order valence-electron chi connectivity index (χ3n) is 3.68. The van der Waals surface area contributed by atoms with Gasteiger partial charge in [-0.1, -0.05) is 46.9 Å². The Bertz CT molecular complexity index is 789. The van der Waals surface area contributed by atoms with Gasteiger partial charge in [0.15, 0.2) is 0 Å². The van der Waals surface area contributed by atoms with Crippen molar-refractivity contribution in [1.82, 2.24) is 5.32 Å². The number of benzene rings is 2. The normalized spacial score (nSPS) is 11.1. The van der Waals surface area contributed by atoms with Crippen molar-refractivity contribution < 1.29 is 9.59 Å². The molecule has 25 heavy (non-hydrogen) atoms. The molecule has 132 valence electrons. The average Bonchev–Trinajstić information content (AvgIpc) is 2.56. The van der Waals surface area contributed by atoms with Crippen LogP contribution in [-0.4, -0.2) is 11.8 Å². The summed E-state index contributed by atoms with van der Waals surface area (Å²) in [6.45, 7) is 3.39. The highest BCUT2D eigenvalue weighted by Crippen LogP contribution is 2.27. The van der Waals surface area contributed by atoms with E-state index < -0.39 is 17.2 Å². The highest BCUT2D eigenvalue weighted by atomic mass is 35.5. The second-order valence-corrected chi connectivity index (χ2v) is 7.29. The van der Waals surface area contributed by atoms with E-state index in [1.54, 1.807) is 38.1 Å². The van der Waals surface area contributed by atoms with E-state index in [1.807, 2.05) is 12.1 Å². The zero-order valence-corrected chi connectivity index (χ0v) is 16.0. The zero-order valence-electron chi connectivity index (χ0n) is 13.7. The molecule has 0 aromatic heterocycles. The molecule has 2 rings (SSSR count). The van der Waals surface area contributed by atoms with Crippen molar-refractivity contribution in [2.75, 3.05) is 5.32 Å². The van der Waals surface area contributed by atoms with Crippen LogP contribution in [0.3, 0.4) is 0 Å². The van der Waals surface area contributed by atoms with Crippen LogP contribution >= 0.6 is 34.8 Å². The van der Waals surface area contributed by atoms with Crippen molar-refractivity contribution in [3.8, 4) is 0 Å². The van der Waals surface area contributed by atoms with Crippen molar-refractivity contribution in [3.63, 3.8) is 0 Å². The molecule has 2 amide bonds. The van der Waals surface area contributed by atoms with E-state index in [2.05, 4.69) is 10.6 Å². The van der Waals surface area contributed by atoms with E-state index in [4.69, 9.17) is 34.8 Å². The van der Waals surface area contributed by atoms with Crippen LogP contribution in [0.15, 0.2) is 42.5 Å². The molecule has 0 saturated heterocycles. The van der Waals surface area contributed by atoms with Crippen LogP contribution < -0.4 is 10.6 Å². The van der Waals surface area contributed by atoms with E-state index in [0.29, 0.717) is 27.3 Å². The summed E-state index contributed by atoms with van der Waals surface area (Å²) < 4.78 is 0. The number of nitrogens with one attached hydrogen (secondary N) is 2. The molecule has 0 atom stereocenters. The standard InChI is InChI=1S/C18H17Cl3N2O2/c1-18(2,16(24)22-10-11-3-5-12(19)6-4-11)17(25)23-15-8-7-13(20)9-14(15)21/h3-9H,10H2,1-2H3,(H,22,24)(H,23,25). The fraction of sp³-hybridized carbons (Fsp3) is 0.222. The number of hydrogen-bond acceptors (Lipinski definition) is 2. The first-order chi connectivity index (χ1) is 11.7. The molecule has 0 heterocycles. The molecule has 0 spiro atoms. The van der Waals surface area contributed by atoms with E-state index in [-0.39, 0.29) is 0 Å². The fourth-order valence-corrected chi connectivity index (χ4v) is 2.56. The van der Waals surface area contributed by atoms with Gasteiger partial charge in [0.05, 0.1) is 10.7 Å². The Kier molecular flexibility index (Phi) is 6.33. The second kappa shape index (κ2) is 8.09. The summed E-state index contributed by atoms with van der Waals surface area (Å²) in [7, 11) is 0. The van der Waals surface area contributed by atoms with Gasteiger partial charge in [-0.05, 0) is 49.7 Å². The van der Waals surface area contributed by atoms with Crippen LogP contribution in [0.1, 0.15) is 19.4 Å². The van der Waals surface area contributed by atoms with Crippen LogP contribution in [0.2, 0.25) is 15.1 Å². The minimum atomic E-state index is -1.28. The minimum absolute atomic E-state index is 0.300. The van der Waals surface area contributed by atoms with Crippen molar-refractivity contribution in [2.45, 2.75) is 20.4 Å². The van der Waals surface area contributed by atoms with E-state index in [0.717, 1.165) is 5.56 Å². The first-order valence-corrected chi connectivity index (χ1v) is 8.63. The quantitative estimate of drug-likeness (QED) is 0.701. The average molecular weight is 400 g/mol. The summed E-state index contributed by atoms with van der Waals surface area (Å²) in [4.78, 5) is 24.9. The highest BCUT2D eigenvalue weighted by Gasteiger charge is 2.36. The molecule has 2 aromatic rings. The van der Waals surface area contributed by atoms with Crippen LogP contribution in [0.4, 0.5) is 5.69 Å². The van der Waals surface area contributed by atoms with Crippen LogP contribution in [0, 0.1) is 5.41 Å². The molecule has 2 aromatic carbocycles. The predicted molar refractivity (Wildman–Crippen MR) is 102 cm³/mol. The Morgan fingerprint density at radius 3 is 2.12 bits per heavy atom. The lowest BCUT2D eigenvalue weighted by Crippen LogP contribution is -2.44. The molecule has 7 heteroatoms. The molecular formula is C18H17Cl3N2O2. The molecule has 0 aliphatic heterocycles. The third-order valence-corrected chi connectivity index (χ3v) is 4.48. The van der Waals surface area contributed by atoms with Gasteiger partial charge in [0.2, 0.25) is 11.8 Å². The number of hydrogen-bond donors (Lipinski definition) is 2. The maximum absolute atomic E-state index is 12.5. The first-order valence-electron chi connectivity index (χ1n) is 7.49. The summed E-state index contributed by atoms with van der Waals surface area (Å²) in [6.07, 6.45) is 0. The predicted octanol–water partition coefficient (Wildman–Crippen LogP) is 4.93. The molecule has 0 fully saturated rings. The maximum Gasteiger partial charge on any atom is 0.239 e.